The van der Waals surface area contributed by atoms with Crippen LogP contribution in [0, 0.1) is 12.7 Å². The Bertz CT molecular complexity index is 1160. The topological polar surface area (TPSA) is 79.3 Å². The molecule has 1 aliphatic rings. The number of rotatable bonds is 11. The van der Waals surface area contributed by atoms with Crippen LogP contribution in [0.4, 0.5) is 15.9 Å². The van der Waals surface area contributed by atoms with Crippen LogP contribution in [0.5, 0.6) is 0 Å². The normalized spacial score (nSPS) is 12.4. The maximum atomic E-state index is 13.5. The average Bonchev–Trinajstić information content (AvgIpc) is 3.28. The zero-order valence-corrected chi connectivity index (χ0v) is 22.8. The van der Waals surface area contributed by atoms with Crippen molar-refractivity contribution in [2.45, 2.75) is 65.5 Å². The minimum atomic E-state index is -0.276. The Morgan fingerprint density at radius 3 is 2.42 bits per heavy atom. The lowest BCUT2D eigenvalue weighted by molar-refractivity contribution is -0.132. The molecular weight excluding hydrogens is 481 g/mol. The highest BCUT2D eigenvalue weighted by Crippen LogP contribution is 2.33. The van der Waals surface area contributed by atoms with E-state index in [1.807, 2.05) is 31.0 Å². The number of nitrogens with zero attached hydrogens (tertiary/aromatic N) is 3. The van der Waals surface area contributed by atoms with Crippen LogP contribution in [-0.4, -0.2) is 46.8 Å². The lowest BCUT2D eigenvalue weighted by Gasteiger charge is -2.28. The Balaban J connectivity index is 0.000000732. The minimum Gasteiger partial charge on any atom is -0.340 e. The highest BCUT2D eigenvalue weighted by Gasteiger charge is 2.26. The third-order valence-electron chi connectivity index (χ3n) is 6.48. The predicted molar refractivity (Wildman–Crippen MR) is 151 cm³/mol. The molecule has 4 rings (SSSR count). The Morgan fingerprint density at radius 2 is 1.79 bits per heavy atom. The second-order valence-electron chi connectivity index (χ2n) is 9.56. The Labute approximate surface area is 225 Å². The zero-order valence-electron chi connectivity index (χ0n) is 22.8. The maximum Gasteiger partial charge on any atom is 0.223 e. The SMILES string of the molecule is CCCC=O.CNCCCCCC(=O)N1CCn2c(nc(-c3ccc(F)cc3)c2Nc2ccc(C)cc2)C1. The quantitative estimate of drug-likeness (QED) is 0.245. The fraction of sp³-hybridized carbons (Fsp3) is 0.433. The van der Waals surface area contributed by atoms with Crippen molar-refractivity contribution in [1.29, 1.82) is 0 Å². The summed E-state index contributed by atoms with van der Waals surface area (Å²) >= 11 is 0. The molecule has 38 heavy (non-hydrogen) atoms. The lowest BCUT2D eigenvalue weighted by atomic mass is 10.1. The third kappa shape index (κ3) is 8.25. The molecule has 1 aliphatic heterocycles. The van der Waals surface area contributed by atoms with Crippen LogP contribution >= 0.6 is 0 Å². The standard InChI is InChI=1S/C26H32FN5O.C4H8O/c1-19-7-13-22(14-8-19)29-26-25(20-9-11-21(27)12-10-20)30-23-18-31(16-17-32(23)26)24(33)6-4-3-5-15-28-2;1-2-3-4-5/h7-14,28-29H,3-6,15-18H2,1-2H3;4H,2-3H2,1H3. The van der Waals surface area contributed by atoms with E-state index in [1.54, 1.807) is 12.1 Å². The first-order valence-electron chi connectivity index (χ1n) is 13.5. The van der Waals surface area contributed by atoms with Gasteiger partial charge in [-0.1, -0.05) is 31.0 Å². The molecule has 0 radical (unpaired) electrons. The molecule has 3 aromatic rings. The van der Waals surface area contributed by atoms with Gasteiger partial charge in [-0.05, 0) is 76.2 Å². The number of anilines is 2. The number of nitrogens with one attached hydrogen (secondary N) is 2. The summed E-state index contributed by atoms with van der Waals surface area (Å²) in [6.45, 7) is 6.83. The van der Waals surface area contributed by atoms with Crippen molar-refractivity contribution in [3.05, 3.63) is 65.7 Å². The van der Waals surface area contributed by atoms with Gasteiger partial charge in [-0.25, -0.2) is 9.37 Å². The van der Waals surface area contributed by atoms with E-state index < -0.39 is 0 Å². The summed E-state index contributed by atoms with van der Waals surface area (Å²) in [5.41, 5.74) is 3.77. The van der Waals surface area contributed by atoms with Crippen molar-refractivity contribution in [3.8, 4) is 11.3 Å². The summed E-state index contributed by atoms with van der Waals surface area (Å²) in [5.74, 6) is 1.63. The number of carbonyl (C=O) groups is 2. The monoisotopic (exact) mass is 521 g/mol. The minimum absolute atomic E-state index is 0.185. The first-order valence-corrected chi connectivity index (χ1v) is 13.5. The van der Waals surface area contributed by atoms with Gasteiger partial charge in [0.2, 0.25) is 5.91 Å². The van der Waals surface area contributed by atoms with Crippen LogP contribution in [0.3, 0.4) is 0 Å². The molecule has 8 heteroatoms. The fourth-order valence-electron chi connectivity index (χ4n) is 4.28. The summed E-state index contributed by atoms with van der Waals surface area (Å²) in [6.07, 6.45) is 6.23. The summed E-state index contributed by atoms with van der Waals surface area (Å²) in [7, 11) is 1.95. The number of hydrogen-bond donors (Lipinski definition) is 2. The van der Waals surface area contributed by atoms with Crippen molar-refractivity contribution < 1.29 is 14.0 Å². The molecule has 0 unspecified atom stereocenters. The second-order valence-corrected chi connectivity index (χ2v) is 9.56. The summed E-state index contributed by atoms with van der Waals surface area (Å²) < 4.78 is 15.7. The van der Waals surface area contributed by atoms with Crippen molar-refractivity contribution >= 4 is 23.7 Å². The van der Waals surface area contributed by atoms with E-state index in [1.165, 1.54) is 17.7 Å². The first kappa shape index (κ1) is 29.0. The number of unbranched alkanes of at least 4 members (excludes halogenated alkanes) is 3. The number of fused-ring (bicyclic) bond motifs is 1. The molecule has 7 nitrogen and oxygen atoms in total. The summed E-state index contributed by atoms with van der Waals surface area (Å²) in [5, 5.41) is 6.66. The van der Waals surface area contributed by atoms with E-state index in [0.717, 1.165) is 67.1 Å². The van der Waals surface area contributed by atoms with E-state index in [2.05, 4.69) is 34.3 Å². The summed E-state index contributed by atoms with van der Waals surface area (Å²) in [6, 6.07) is 14.6. The number of aldehydes is 1. The smallest absolute Gasteiger partial charge is 0.223 e. The summed E-state index contributed by atoms with van der Waals surface area (Å²) in [4.78, 5) is 29.0. The largest absolute Gasteiger partial charge is 0.340 e. The molecule has 2 heterocycles. The molecule has 1 aromatic heterocycles. The number of aromatic nitrogens is 2. The second kappa shape index (κ2) is 15.0. The molecule has 0 spiro atoms. The number of imidazole rings is 1. The van der Waals surface area contributed by atoms with E-state index in [-0.39, 0.29) is 11.7 Å². The van der Waals surface area contributed by atoms with Crippen molar-refractivity contribution in [1.82, 2.24) is 19.8 Å². The molecule has 0 saturated heterocycles. The highest BCUT2D eigenvalue weighted by atomic mass is 19.1. The van der Waals surface area contributed by atoms with E-state index in [4.69, 9.17) is 4.98 Å². The van der Waals surface area contributed by atoms with Gasteiger partial charge in [-0.2, -0.15) is 0 Å². The third-order valence-corrected chi connectivity index (χ3v) is 6.48. The highest BCUT2D eigenvalue weighted by molar-refractivity contribution is 5.78. The van der Waals surface area contributed by atoms with Crippen LogP contribution in [0.2, 0.25) is 0 Å². The van der Waals surface area contributed by atoms with Gasteiger partial charge in [-0.3, -0.25) is 4.79 Å². The van der Waals surface area contributed by atoms with Gasteiger partial charge in [0.05, 0.1) is 6.54 Å². The van der Waals surface area contributed by atoms with Gasteiger partial charge in [0, 0.05) is 37.2 Å². The van der Waals surface area contributed by atoms with Gasteiger partial charge in [0.1, 0.15) is 29.4 Å². The molecule has 204 valence electrons. The number of carbonyl (C=O) groups excluding carboxylic acids is 2. The van der Waals surface area contributed by atoms with Gasteiger partial charge in [0.15, 0.2) is 0 Å². The van der Waals surface area contributed by atoms with Crippen LogP contribution in [0.15, 0.2) is 48.5 Å². The zero-order chi connectivity index (χ0) is 27.3. The fourth-order valence-corrected chi connectivity index (χ4v) is 4.28. The van der Waals surface area contributed by atoms with E-state index in [0.29, 0.717) is 32.5 Å². The molecule has 0 atom stereocenters. The predicted octanol–water partition coefficient (Wildman–Crippen LogP) is 5.85. The number of benzene rings is 2. The molecule has 0 fully saturated rings. The van der Waals surface area contributed by atoms with Crippen LogP contribution in [-0.2, 0) is 22.7 Å². The van der Waals surface area contributed by atoms with Gasteiger partial charge < -0.3 is 24.9 Å². The van der Waals surface area contributed by atoms with Crippen molar-refractivity contribution in [3.63, 3.8) is 0 Å². The molecule has 1 amide bonds. The molecule has 0 bridgehead atoms. The van der Waals surface area contributed by atoms with Gasteiger partial charge in [0.25, 0.3) is 0 Å². The molecular formula is C30H40FN5O2. The molecule has 0 aliphatic carbocycles. The Hall–Kier alpha value is -3.52. The molecule has 2 N–H and O–H groups in total. The number of amides is 1. The molecule has 2 aromatic carbocycles. The van der Waals surface area contributed by atoms with E-state index >= 15 is 0 Å². The maximum absolute atomic E-state index is 13.5. The molecule has 0 saturated carbocycles. The van der Waals surface area contributed by atoms with Crippen LogP contribution in [0.1, 0.15) is 56.8 Å². The number of hydrogen-bond acceptors (Lipinski definition) is 5. The number of halogens is 1. The van der Waals surface area contributed by atoms with Crippen LogP contribution in [0.25, 0.3) is 11.3 Å². The van der Waals surface area contributed by atoms with Gasteiger partial charge >= 0.3 is 0 Å². The van der Waals surface area contributed by atoms with Gasteiger partial charge in [-0.15, -0.1) is 0 Å². The Morgan fingerprint density at radius 1 is 1.05 bits per heavy atom. The number of aryl methyl sites for hydroxylation is 1. The lowest BCUT2D eigenvalue weighted by Crippen LogP contribution is -2.38. The first-order chi connectivity index (χ1) is 18.5. The van der Waals surface area contributed by atoms with Crippen molar-refractivity contribution in [2.75, 3.05) is 25.5 Å². The van der Waals surface area contributed by atoms with Crippen molar-refractivity contribution in [2.24, 2.45) is 0 Å². The average molecular weight is 522 g/mol. The Kier molecular flexibility index (Phi) is 11.5. The van der Waals surface area contributed by atoms with E-state index in [9.17, 15) is 14.0 Å². The van der Waals surface area contributed by atoms with Crippen LogP contribution < -0.4 is 10.6 Å².